The Balaban J connectivity index is 1.92. The van der Waals surface area contributed by atoms with Crippen molar-refractivity contribution in [1.29, 1.82) is 0 Å². The fourth-order valence-electron chi connectivity index (χ4n) is 2.17. The van der Waals surface area contributed by atoms with E-state index >= 15 is 0 Å². The van der Waals surface area contributed by atoms with Crippen LogP contribution in [0.2, 0.25) is 0 Å². The molecule has 0 aliphatic heterocycles. The van der Waals surface area contributed by atoms with Crippen LogP contribution >= 0.6 is 0 Å². The summed E-state index contributed by atoms with van der Waals surface area (Å²) in [5.74, 6) is 0.0288. The van der Waals surface area contributed by atoms with Gasteiger partial charge in [-0.3, -0.25) is 9.48 Å². The molecule has 0 bridgehead atoms. The van der Waals surface area contributed by atoms with Crippen molar-refractivity contribution in [1.82, 2.24) is 14.7 Å². The number of benzene rings is 1. The average molecular weight is 287 g/mol. The van der Waals surface area contributed by atoms with Crippen LogP contribution in [-0.4, -0.2) is 38.8 Å². The van der Waals surface area contributed by atoms with Crippen LogP contribution in [0, 0.1) is 6.92 Å². The van der Waals surface area contributed by atoms with Gasteiger partial charge in [0.2, 0.25) is 5.91 Å². The quantitative estimate of drug-likeness (QED) is 0.841. The van der Waals surface area contributed by atoms with Crippen LogP contribution < -0.4 is 0 Å². The van der Waals surface area contributed by atoms with Crippen LogP contribution in [0.1, 0.15) is 17.5 Å². The predicted octanol–water partition coefficient (Wildman–Crippen LogP) is 1.60. The van der Waals surface area contributed by atoms with Gasteiger partial charge in [0.05, 0.1) is 12.8 Å². The second-order valence-electron chi connectivity index (χ2n) is 5.06. The maximum absolute atomic E-state index is 12.3. The third-order valence-electron chi connectivity index (χ3n) is 3.26. The summed E-state index contributed by atoms with van der Waals surface area (Å²) in [7, 11) is 0. The normalized spacial score (nSPS) is 10.6. The van der Waals surface area contributed by atoms with Crippen LogP contribution in [-0.2, 0) is 17.9 Å². The molecular formula is C16H21N3O2. The van der Waals surface area contributed by atoms with E-state index in [4.69, 9.17) is 5.11 Å². The third-order valence-corrected chi connectivity index (χ3v) is 3.26. The monoisotopic (exact) mass is 287 g/mol. The van der Waals surface area contributed by atoms with Gasteiger partial charge in [-0.25, -0.2) is 0 Å². The Kier molecular flexibility index (Phi) is 5.51. The maximum atomic E-state index is 12.3. The highest BCUT2D eigenvalue weighted by Crippen LogP contribution is 2.07. The van der Waals surface area contributed by atoms with E-state index < -0.39 is 0 Å². The average Bonchev–Trinajstić information content (AvgIpc) is 2.91. The minimum absolute atomic E-state index is 0.0283. The zero-order valence-electron chi connectivity index (χ0n) is 12.3. The zero-order valence-corrected chi connectivity index (χ0v) is 12.3. The molecule has 0 saturated carbocycles. The number of aliphatic hydroxyl groups excluding tert-OH is 1. The number of carbonyl (C=O) groups excluding carboxylic acids is 1. The summed E-state index contributed by atoms with van der Waals surface area (Å²) in [4.78, 5) is 14.0. The highest BCUT2D eigenvalue weighted by atomic mass is 16.3. The second kappa shape index (κ2) is 7.59. The topological polar surface area (TPSA) is 58.4 Å². The molecule has 0 spiro atoms. The van der Waals surface area contributed by atoms with Crippen LogP contribution in [0.25, 0.3) is 0 Å². The standard InChI is InChI=1S/C16H21N3O2/c1-14-11-17-19(12-14)8-7-16(21)18(9-10-20)13-15-5-3-2-4-6-15/h2-6,11-12,20H,7-10,13H2,1H3. The molecule has 112 valence electrons. The molecule has 0 unspecified atom stereocenters. The molecule has 0 saturated heterocycles. The van der Waals surface area contributed by atoms with Gasteiger partial charge in [-0.15, -0.1) is 0 Å². The van der Waals surface area contributed by atoms with Gasteiger partial charge >= 0.3 is 0 Å². The van der Waals surface area contributed by atoms with E-state index in [2.05, 4.69) is 5.10 Å². The lowest BCUT2D eigenvalue weighted by Gasteiger charge is -2.22. The van der Waals surface area contributed by atoms with Crippen molar-refractivity contribution in [2.45, 2.75) is 26.4 Å². The molecule has 1 aromatic heterocycles. The highest BCUT2D eigenvalue weighted by molar-refractivity contribution is 5.76. The Bertz CT molecular complexity index is 566. The predicted molar refractivity (Wildman–Crippen MR) is 80.5 cm³/mol. The first kappa shape index (κ1) is 15.3. The Hall–Kier alpha value is -2.14. The van der Waals surface area contributed by atoms with Crippen molar-refractivity contribution >= 4 is 5.91 Å². The van der Waals surface area contributed by atoms with E-state index in [1.54, 1.807) is 15.8 Å². The van der Waals surface area contributed by atoms with Crippen molar-refractivity contribution in [2.24, 2.45) is 0 Å². The lowest BCUT2D eigenvalue weighted by molar-refractivity contribution is -0.132. The minimum atomic E-state index is -0.0283. The molecular weight excluding hydrogens is 266 g/mol. The van der Waals surface area contributed by atoms with Crippen molar-refractivity contribution in [3.05, 3.63) is 53.9 Å². The van der Waals surface area contributed by atoms with Gasteiger partial charge in [-0.05, 0) is 18.1 Å². The number of nitrogens with zero attached hydrogens (tertiary/aromatic N) is 3. The number of aryl methyl sites for hydroxylation is 2. The van der Waals surface area contributed by atoms with Crippen LogP contribution in [0.15, 0.2) is 42.7 Å². The molecule has 1 heterocycles. The Morgan fingerprint density at radius 3 is 2.71 bits per heavy atom. The maximum Gasteiger partial charge on any atom is 0.224 e. The molecule has 0 aliphatic carbocycles. The van der Waals surface area contributed by atoms with Gasteiger partial charge in [0.25, 0.3) is 0 Å². The zero-order chi connectivity index (χ0) is 15.1. The highest BCUT2D eigenvalue weighted by Gasteiger charge is 2.13. The number of carbonyl (C=O) groups is 1. The largest absolute Gasteiger partial charge is 0.395 e. The fourth-order valence-corrected chi connectivity index (χ4v) is 2.17. The van der Waals surface area contributed by atoms with E-state index in [-0.39, 0.29) is 12.5 Å². The first-order valence-electron chi connectivity index (χ1n) is 7.10. The van der Waals surface area contributed by atoms with Gasteiger partial charge in [0.1, 0.15) is 0 Å². The van der Waals surface area contributed by atoms with Crippen LogP contribution in [0.4, 0.5) is 0 Å². The molecule has 0 atom stereocenters. The summed E-state index contributed by atoms with van der Waals surface area (Å²) < 4.78 is 1.77. The molecule has 1 amide bonds. The van der Waals surface area contributed by atoms with E-state index in [1.165, 1.54) is 0 Å². The molecule has 5 nitrogen and oxygen atoms in total. The fraction of sp³-hybridized carbons (Fsp3) is 0.375. The van der Waals surface area contributed by atoms with Gasteiger partial charge in [0, 0.05) is 32.3 Å². The number of aromatic nitrogens is 2. The molecule has 2 rings (SSSR count). The molecule has 1 aromatic carbocycles. The molecule has 0 aliphatic rings. The Morgan fingerprint density at radius 1 is 1.33 bits per heavy atom. The third kappa shape index (κ3) is 4.72. The SMILES string of the molecule is Cc1cnn(CCC(=O)N(CCO)Cc2ccccc2)c1. The van der Waals surface area contributed by atoms with Crippen molar-refractivity contribution in [3.8, 4) is 0 Å². The van der Waals surface area contributed by atoms with Crippen molar-refractivity contribution in [2.75, 3.05) is 13.2 Å². The number of hydrogen-bond donors (Lipinski definition) is 1. The molecule has 2 aromatic rings. The number of amides is 1. The second-order valence-corrected chi connectivity index (χ2v) is 5.06. The first-order valence-corrected chi connectivity index (χ1v) is 7.10. The van der Waals surface area contributed by atoms with Crippen LogP contribution in [0.3, 0.4) is 0 Å². The molecule has 5 heteroatoms. The van der Waals surface area contributed by atoms with Gasteiger partial charge in [0.15, 0.2) is 0 Å². The van der Waals surface area contributed by atoms with Gasteiger partial charge in [-0.1, -0.05) is 30.3 Å². The molecule has 0 radical (unpaired) electrons. The van der Waals surface area contributed by atoms with E-state index in [0.717, 1.165) is 11.1 Å². The summed E-state index contributed by atoms with van der Waals surface area (Å²) in [5, 5.41) is 13.3. The summed E-state index contributed by atoms with van der Waals surface area (Å²) in [5.41, 5.74) is 2.15. The first-order chi connectivity index (χ1) is 10.2. The summed E-state index contributed by atoms with van der Waals surface area (Å²) in [6.07, 6.45) is 4.08. The van der Waals surface area contributed by atoms with Gasteiger partial charge in [-0.2, -0.15) is 5.10 Å². The number of rotatable bonds is 7. The lowest BCUT2D eigenvalue weighted by Crippen LogP contribution is -2.33. The van der Waals surface area contributed by atoms with Crippen LogP contribution in [0.5, 0.6) is 0 Å². The molecule has 21 heavy (non-hydrogen) atoms. The Labute approximate surface area is 124 Å². The lowest BCUT2D eigenvalue weighted by atomic mass is 10.2. The van der Waals surface area contributed by atoms with Crippen molar-refractivity contribution in [3.63, 3.8) is 0 Å². The Morgan fingerprint density at radius 2 is 2.10 bits per heavy atom. The molecule has 1 N–H and O–H groups in total. The van der Waals surface area contributed by atoms with E-state index in [0.29, 0.717) is 26.1 Å². The summed E-state index contributed by atoms with van der Waals surface area (Å²) in [6, 6.07) is 9.80. The van der Waals surface area contributed by atoms with Crippen molar-refractivity contribution < 1.29 is 9.90 Å². The summed E-state index contributed by atoms with van der Waals surface area (Å²) >= 11 is 0. The van der Waals surface area contributed by atoms with E-state index in [9.17, 15) is 4.79 Å². The smallest absolute Gasteiger partial charge is 0.224 e. The summed E-state index contributed by atoms with van der Waals surface area (Å²) in [6.45, 7) is 3.38. The van der Waals surface area contributed by atoms with E-state index in [1.807, 2.05) is 43.5 Å². The molecule has 0 fully saturated rings. The number of aliphatic hydroxyl groups is 1. The minimum Gasteiger partial charge on any atom is -0.395 e. The van der Waals surface area contributed by atoms with Gasteiger partial charge < -0.3 is 10.0 Å². The number of hydrogen-bond acceptors (Lipinski definition) is 3.